The van der Waals surface area contributed by atoms with Gasteiger partial charge in [0.1, 0.15) is 0 Å². The molecular weight excluding hydrogens is 423 g/mol. The zero-order chi connectivity index (χ0) is 18.7. The highest BCUT2D eigenvalue weighted by Crippen LogP contribution is 2.63. The quantitative estimate of drug-likeness (QED) is 0.375. The Hall–Kier alpha value is -1.73. The zero-order valence-corrected chi connectivity index (χ0v) is 16.5. The number of rotatable bonds is 5. The molecule has 1 N–H and O–H groups in total. The van der Waals surface area contributed by atoms with Crippen molar-refractivity contribution in [2.75, 3.05) is 11.9 Å². The lowest BCUT2D eigenvalue weighted by atomic mass is 10.2. The first-order valence-electron chi connectivity index (χ1n) is 8.06. The Morgan fingerprint density at radius 3 is 2.46 bits per heavy atom. The predicted octanol–water partition coefficient (Wildman–Crippen LogP) is 5.49. The lowest BCUT2D eigenvalue weighted by Crippen LogP contribution is -2.23. The first-order valence-corrected chi connectivity index (χ1v) is 10.5. The molecule has 1 saturated heterocycles. The first kappa shape index (κ1) is 19.0. The van der Waals surface area contributed by atoms with Gasteiger partial charge >= 0.3 is 7.60 Å². The monoisotopic (exact) mass is 440 g/mol. The number of nitrogens with one attached hydrogen (secondary N) is 1. The molecule has 2 aromatic carbocycles. The summed E-state index contributed by atoms with van der Waals surface area (Å²) in [5, 5.41) is 14.0. The van der Waals surface area contributed by atoms with E-state index in [1.165, 1.54) is 12.1 Å². The summed E-state index contributed by atoms with van der Waals surface area (Å²) in [4.78, 5) is 10.4. The average Bonchev–Trinajstić information content (AvgIpc) is 2.61. The van der Waals surface area contributed by atoms with Crippen molar-refractivity contribution in [3.63, 3.8) is 0 Å². The SMILES string of the molecule is C[C@H]1CCO[P@](=O)([C@H](Nc2ccc([N+](=O)[O-])cc2)c2ccc(Br)cc2)O1. The van der Waals surface area contributed by atoms with E-state index in [9.17, 15) is 14.7 Å². The molecule has 0 bridgehead atoms. The summed E-state index contributed by atoms with van der Waals surface area (Å²) in [6.45, 7) is 2.22. The molecule has 26 heavy (non-hydrogen) atoms. The van der Waals surface area contributed by atoms with Crippen LogP contribution in [-0.2, 0) is 13.6 Å². The van der Waals surface area contributed by atoms with E-state index in [1.54, 1.807) is 12.1 Å². The van der Waals surface area contributed by atoms with Crippen LogP contribution in [0.3, 0.4) is 0 Å². The summed E-state index contributed by atoms with van der Waals surface area (Å²) >= 11 is 3.39. The second-order valence-electron chi connectivity index (χ2n) is 5.98. The van der Waals surface area contributed by atoms with Crippen molar-refractivity contribution >= 4 is 34.9 Å². The second-order valence-corrected chi connectivity index (χ2v) is 8.96. The third-order valence-corrected chi connectivity index (χ3v) is 6.79. The Balaban J connectivity index is 1.93. The van der Waals surface area contributed by atoms with Crippen LogP contribution in [-0.4, -0.2) is 17.6 Å². The minimum absolute atomic E-state index is 0.0128. The van der Waals surface area contributed by atoms with Gasteiger partial charge in [-0.1, -0.05) is 28.1 Å². The van der Waals surface area contributed by atoms with Crippen LogP contribution in [0.25, 0.3) is 0 Å². The number of nitro groups is 1. The number of anilines is 1. The summed E-state index contributed by atoms with van der Waals surface area (Å²) < 4.78 is 25.6. The normalized spacial score (nSPS) is 24.0. The fourth-order valence-corrected chi connectivity index (χ4v) is 5.05. The Kier molecular flexibility index (Phi) is 5.77. The highest BCUT2D eigenvalue weighted by atomic mass is 79.9. The van der Waals surface area contributed by atoms with E-state index in [4.69, 9.17) is 9.05 Å². The number of nitro benzene ring substituents is 1. The number of benzene rings is 2. The van der Waals surface area contributed by atoms with Gasteiger partial charge in [-0.25, -0.2) is 0 Å². The van der Waals surface area contributed by atoms with Crippen LogP contribution in [0.15, 0.2) is 53.0 Å². The molecule has 138 valence electrons. The van der Waals surface area contributed by atoms with Crippen molar-refractivity contribution in [2.45, 2.75) is 25.2 Å². The van der Waals surface area contributed by atoms with Gasteiger partial charge in [0.05, 0.1) is 17.6 Å². The average molecular weight is 441 g/mol. The van der Waals surface area contributed by atoms with Crippen molar-refractivity contribution in [3.8, 4) is 0 Å². The van der Waals surface area contributed by atoms with Gasteiger partial charge in [0.25, 0.3) is 5.69 Å². The van der Waals surface area contributed by atoms with Gasteiger partial charge in [-0.3, -0.25) is 14.7 Å². The van der Waals surface area contributed by atoms with Crippen LogP contribution in [0.2, 0.25) is 0 Å². The first-order chi connectivity index (χ1) is 12.4. The van der Waals surface area contributed by atoms with E-state index < -0.39 is 18.3 Å². The second kappa shape index (κ2) is 7.88. The molecule has 0 spiro atoms. The Morgan fingerprint density at radius 2 is 1.88 bits per heavy atom. The fraction of sp³-hybridized carbons (Fsp3) is 0.294. The molecule has 0 saturated carbocycles. The van der Waals surface area contributed by atoms with Gasteiger partial charge in [0, 0.05) is 22.3 Å². The smallest absolute Gasteiger partial charge is 0.357 e. The van der Waals surface area contributed by atoms with E-state index in [0.29, 0.717) is 18.7 Å². The molecule has 0 aromatic heterocycles. The van der Waals surface area contributed by atoms with Crippen LogP contribution < -0.4 is 5.32 Å². The molecule has 3 atom stereocenters. The molecule has 0 aliphatic carbocycles. The Morgan fingerprint density at radius 1 is 1.23 bits per heavy atom. The highest BCUT2D eigenvalue weighted by Gasteiger charge is 2.41. The third kappa shape index (κ3) is 4.32. The van der Waals surface area contributed by atoms with Crippen LogP contribution in [0, 0.1) is 10.1 Å². The van der Waals surface area contributed by atoms with Gasteiger partial charge in [-0.05, 0) is 43.2 Å². The van der Waals surface area contributed by atoms with Crippen molar-refractivity contribution in [1.82, 2.24) is 0 Å². The summed E-state index contributed by atoms with van der Waals surface area (Å²) in [7, 11) is -3.47. The van der Waals surface area contributed by atoms with E-state index in [-0.39, 0.29) is 11.8 Å². The Bertz CT molecular complexity index is 828. The molecule has 3 rings (SSSR count). The third-order valence-electron chi connectivity index (χ3n) is 4.01. The number of hydrogen-bond donors (Lipinski definition) is 1. The molecule has 1 aliphatic heterocycles. The maximum atomic E-state index is 13.4. The number of halogens is 1. The van der Waals surface area contributed by atoms with Gasteiger partial charge in [-0.15, -0.1) is 0 Å². The standard InChI is InChI=1S/C17H18BrN2O5P/c1-12-10-11-24-26(23,25-12)17(13-2-4-14(18)5-3-13)19-15-6-8-16(9-7-15)20(21)22/h2-9,12,17,19H,10-11H2,1H3/t12-,17-,26+/m0/s1. The number of non-ortho nitro benzene ring substituents is 1. The lowest BCUT2D eigenvalue weighted by Gasteiger charge is -2.34. The van der Waals surface area contributed by atoms with Gasteiger partial charge in [-0.2, -0.15) is 0 Å². The van der Waals surface area contributed by atoms with E-state index in [1.807, 2.05) is 31.2 Å². The summed E-state index contributed by atoms with van der Waals surface area (Å²) in [6, 6.07) is 13.3. The summed E-state index contributed by atoms with van der Waals surface area (Å²) in [5.74, 6) is -0.722. The molecule has 7 nitrogen and oxygen atoms in total. The highest BCUT2D eigenvalue weighted by molar-refractivity contribution is 9.10. The van der Waals surface area contributed by atoms with E-state index in [2.05, 4.69) is 21.2 Å². The van der Waals surface area contributed by atoms with Crippen LogP contribution in [0.1, 0.15) is 24.7 Å². The zero-order valence-electron chi connectivity index (χ0n) is 14.0. The Labute approximate surface area is 159 Å². The molecule has 0 amide bonds. The lowest BCUT2D eigenvalue weighted by molar-refractivity contribution is -0.384. The minimum Gasteiger partial charge on any atom is -0.368 e. The van der Waals surface area contributed by atoms with Gasteiger partial charge in [0.15, 0.2) is 5.78 Å². The maximum Gasteiger partial charge on any atom is 0.357 e. The van der Waals surface area contributed by atoms with E-state index in [0.717, 1.165) is 10.0 Å². The molecule has 0 radical (unpaired) electrons. The van der Waals surface area contributed by atoms with Crippen molar-refractivity contribution in [1.29, 1.82) is 0 Å². The van der Waals surface area contributed by atoms with Crippen LogP contribution >= 0.6 is 23.5 Å². The van der Waals surface area contributed by atoms with Crippen molar-refractivity contribution < 1.29 is 18.5 Å². The molecular formula is C17H18BrN2O5P. The number of nitrogens with zero attached hydrogens (tertiary/aromatic N) is 1. The summed E-state index contributed by atoms with van der Waals surface area (Å²) in [5.41, 5.74) is 1.31. The summed E-state index contributed by atoms with van der Waals surface area (Å²) in [6.07, 6.45) is 0.500. The van der Waals surface area contributed by atoms with Crippen LogP contribution in [0.5, 0.6) is 0 Å². The van der Waals surface area contributed by atoms with Gasteiger partial charge in [0.2, 0.25) is 0 Å². The van der Waals surface area contributed by atoms with Crippen molar-refractivity contribution in [3.05, 3.63) is 68.7 Å². The fourth-order valence-electron chi connectivity index (χ4n) is 2.64. The number of hydrogen-bond acceptors (Lipinski definition) is 6. The molecule has 1 aliphatic rings. The topological polar surface area (TPSA) is 90.7 Å². The molecule has 0 unspecified atom stereocenters. The largest absolute Gasteiger partial charge is 0.368 e. The maximum absolute atomic E-state index is 13.4. The molecule has 1 heterocycles. The molecule has 9 heteroatoms. The molecule has 1 fully saturated rings. The van der Waals surface area contributed by atoms with Crippen molar-refractivity contribution in [2.24, 2.45) is 0 Å². The predicted molar refractivity (Wildman–Crippen MR) is 102 cm³/mol. The van der Waals surface area contributed by atoms with E-state index >= 15 is 0 Å². The molecule has 2 aromatic rings. The van der Waals surface area contributed by atoms with Gasteiger partial charge < -0.3 is 14.4 Å². The van der Waals surface area contributed by atoms with Crippen LogP contribution in [0.4, 0.5) is 11.4 Å². The minimum atomic E-state index is -3.47.